The number of nitrogens with one attached hydrogen (secondary N) is 3. The van der Waals surface area contributed by atoms with E-state index in [0.717, 1.165) is 55.7 Å². The Hall–Kier alpha value is -2.90. The Labute approximate surface area is 164 Å². The van der Waals surface area contributed by atoms with Gasteiger partial charge in [-0.3, -0.25) is 4.79 Å². The Morgan fingerprint density at radius 1 is 1.11 bits per heavy atom. The normalized spacial score (nSPS) is 21.6. The van der Waals surface area contributed by atoms with Crippen molar-refractivity contribution in [2.45, 2.75) is 44.6 Å². The van der Waals surface area contributed by atoms with Crippen molar-refractivity contribution in [3.05, 3.63) is 41.7 Å². The first kappa shape index (κ1) is 18.5. The van der Waals surface area contributed by atoms with Crippen LogP contribution < -0.4 is 10.6 Å². The molecule has 1 fully saturated rings. The molecular weight excluding hydrogens is 356 g/mol. The third kappa shape index (κ3) is 4.16. The van der Waals surface area contributed by atoms with E-state index in [1.54, 1.807) is 0 Å². The van der Waals surface area contributed by atoms with Crippen molar-refractivity contribution in [2.75, 3.05) is 18.4 Å². The minimum absolute atomic E-state index is 0.0430. The van der Waals surface area contributed by atoms with E-state index in [1.807, 2.05) is 35.2 Å². The molecule has 3 N–H and O–H groups in total. The fourth-order valence-corrected chi connectivity index (χ4v) is 4.14. The molecule has 3 amide bonds. The van der Waals surface area contributed by atoms with Crippen LogP contribution in [0.3, 0.4) is 0 Å². The molecule has 2 aliphatic rings. The quantitative estimate of drug-likeness (QED) is 0.753. The van der Waals surface area contributed by atoms with Crippen molar-refractivity contribution in [1.29, 1.82) is 0 Å². The number of hydrogen-bond donors (Lipinski definition) is 3. The molecule has 0 radical (unpaired) electrons. The molecule has 0 saturated carbocycles. The van der Waals surface area contributed by atoms with Gasteiger partial charge in [-0.25, -0.2) is 4.79 Å². The fraction of sp³-hybridized carbons (Fsp3) is 0.500. The van der Waals surface area contributed by atoms with Crippen LogP contribution in [0.1, 0.15) is 37.1 Å². The first-order chi connectivity index (χ1) is 13.7. The highest BCUT2D eigenvalue weighted by Gasteiger charge is 2.34. The van der Waals surface area contributed by atoms with Crippen LogP contribution in [0.5, 0.6) is 0 Å². The molecule has 0 spiro atoms. The largest absolute Gasteiger partial charge is 0.338 e. The predicted molar refractivity (Wildman–Crippen MR) is 105 cm³/mol. The van der Waals surface area contributed by atoms with Gasteiger partial charge in [0.2, 0.25) is 5.91 Å². The van der Waals surface area contributed by atoms with Crippen molar-refractivity contribution in [3.63, 3.8) is 0 Å². The maximum absolute atomic E-state index is 13.2. The molecule has 1 saturated heterocycles. The number of likely N-dealkylation sites (tertiary alicyclic amines) is 1. The van der Waals surface area contributed by atoms with Crippen molar-refractivity contribution < 1.29 is 9.59 Å². The first-order valence-electron chi connectivity index (χ1n) is 9.99. The first-order valence-corrected chi connectivity index (χ1v) is 9.99. The summed E-state index contributed by atoms with van der Waals surface area (Å²) in [5.41, 5.74) is 2.65. The summed E-state index contributed by atoms with van der Waals surface area (Å²) >= 11 is 0. The number of fused-ring (bicyclic) bond motifs is 1. The van der Waals surface area contributed by atoms with E-state index in [-0.39, 0.29) is 23.9 Å². The molecule has 0 bridgehead atoms. The van der Waals surface area contributed by atoms with Gasteiger partial charge in [0, 0.05) is 37.2 Å². The minimum Gasteiger partial charge on any atom is -0.338 e. The number of aromatic nitrogens is 3. The number of piperidine rings is 1. The van der Waals surface area contributed by atoms with Crippen LogP contribution in [0.15, 0.2) is 30.3 Å². The number of benzene rings is 1. The number of carbonyl (C=O) groups excluding carboxylic acids is 2. The molecule has 2 heterocycles. The maximum atomic E-state index is 13.2. The molecule has 2 atom stereocenters. The molecule has 28 heavy (non-hydrogen) atoms. The predicted octanol–water partition coefficient (Wildman–Crippen LogP) is 2.11. The van der Waals surface area contributed by atoms with Crippen LogP contribution in [0, 0.1) is 5.92 Å². The number of amides is 3. The van der Waals surface area contributed by atoms with Gasteiger partial charge >= 0.3 is 6.03 Å². The van der Waals surface area contributed by atoms with Crippen molar-refractivity contribution in [1.82, 2.24) is 25.6 Å². The summed E-state index contributed by atoms with van der Waals surface area (Å²) in [6, 6.07) is 9.15. The number of carbonyl (C=O) groups is 2. The number of urea groups is 1. The van der Waals surface area contributed by atoms with Gasteiger partial charge in [0.1, 0.15) is 0 Å². The monoisotopic (exact) mass is 382 g/mol. The summed E-state index contributed by atoms with van der Waals surface area (Å²) in [6.07, 6.45) is 5.26. The maximum Gasteiger partial charge on any atom is 0.319 e. The number of nitrogens with zero attached hydrogens (tertiary/aromatic N) is 3. The van der Waals surface area contributed by atoms with Crippen molar-refractivity contribution >= 4 is 17.6 Å². The summed E-state index contributed by atoms with van der Waals surface area (Å²) in [5, 5.41) is 16.7. The highest BCUT2D eigenvalue weighted by Crippen LogP contribution is 2.27. The average Bonchev–Trinajstić information content (AvgIpc) is 3.20. The van der Waals surface area contributed by atoms with Crippen molar-refractivity contribution in [2.24, 2.45) is 5.92 Å². The number of para-hydroxylation sites is 1. The smallest absolute Gasteiger partial charge is 0.319 e. The Balaban J connectivity index is 1.34. The lowest BCUT2D eigenvalue weighted by Gasteiger charge is -2.38. The van der Waals surface area contributed by atoms with Crippen LogP contribution in [0.4, 0.5) is 10.5 Å². The number of aryl methyl sites for hydroxylation is 1. The van der Waals surface area contributed by atoms with Gasteiger partial charge in [-0.2, -0.15) is 15.4 Å². The van der Waals surface area contributed by atoms with E-state index in [0.29, 0.717) is 13.0 Å². The second kappa shape index (κ2) is 8.41. The van der Waals surface area contributed by atoms with E-state index in [4.69, 9.17) is 0 Å². The van der Waals surface area contributed by atoms with E-state index < -0.39 is 0 Å². The number of aromatic amines is 1. The zero-order chi connectivity index (χ0) is 19.3. The zero-order valence-electron chi connectivity index (χ0n) is 15.9. The highest BCUT2D eigenvalue weighted by atomic mass is 16.2. The van der Waals surface area contributed by atoms with E-state index in [1.165, 1.54) is 0 Å². The second-order valence-electron chi connectivity index (χ2n) is 7.54. The lowest BCUT2D eigenvalue weighted by atomic mass is 9.87. The Kier molecular flexibility index (Phi) is 5.55. The van der Waals surface area contributed by atoms with E-state index in [2.05, 4.69) is 26.0 Å². The standard InChI is InChI=1S/C20H26N6O2/c27-19(14-9-10-17-18(12-14)24-25-23-17)26-11-5-4-8-16(26)13-21-20(28)22-15-6-2-1-3-7-15/h1-3,6-7,14,16H,4-5,8-13H2,(H2,21,22,28)(H,23,24,25). The lowest BCUT2D eigenvalue weighted by Crippen LogP contribution is -2.52. The van der Waals surface area contributed by atoms with Gasteiger partial charge in [0.25, 0.3) is 0 Å². The minimum atomic E-state index is -0.242. The fourth-order valence-electron chi connectivity index (χ4n) is 4.14. The third-order valence-electron chi connectivity index (χ3n) is 5.66. The van der Waals surface area contributed by atoms with E-state index >= 15 is 0 Å². The molecule has 1 aliphatic heterocycles. The summed E-state index contributed by atoms with van der Waals surface area (Å²) in [6.45, 7) is 1.22. The molecule has 148 valence electrons. The number of H-pyrrole nitrogens is 1. The topological polar surface area (TPSA) is 103 Å². The van der Waals surface area contributed by atoms with Gasteiger partial charge < -0.3 is 15.5 Å². The van der Waals surface area contributed by atoms with Gasteiger partial charge in [0.15, 0.2) is 0 Å². The van der Waals surface area contributed by atoms with Gasteiger partial charge in [-0.05, 0) is 44.2 Å². The molecule has 8 heteroatoms. The summed E-state index contributed by atoms with van der Waals surface area (Å²) in [5.74, 6) is 0.139. The SMILES string of the molecule is O=C(NCC1CCCCN1C(=O)C1CCc2n[nH]nc2C1)Nc1ccccc1. The van der Waals surface area contributed by atoms with Crippen LogP contribution >= 0.6 is 0 Å². The van der Waals surface area contributed by atoms with Crippen molar-refractivity contribution in [3.8, 4) is 0 Å². The molecule has 1 aromatic heterocycles. The number of anilines is 1. The van der Waals surface area contributed by atoms with Crippen LogP contribution in [-0.2, 0) is 17.6 Å². The molecule has 1 aromatic carbocycles. The molecule has 4 rings (SSSR count). The molecule has 2 aromatic rings. The Morgan fingerprint density at radius 3 is 2.79 bits per heavy atom. The summed E-state index contributed by atoms with van der Waals surface area (Å²) in [4.78, 5) is 27.3. The third-order valence-corrected chi connectivity index (χ3v) is 5.66. The molecule has 2 unspecified atom stereocenters. The van der Waals surface area contributed by atoms with Gasteiger partial charge in [-0.15, -0.1) is 0 Å². The van der Waals surface area contributed by atoms with Gasteiger partial charge in [-0.1, -0.05) is 18.2 Å². The number of hydrogen-bond acceptors (Lipinski definition) is 4. The highest BCUT2D eigenvalue weighted by molar-refractivity contribution is 5.89. The number of rotatable bonds is 4. The van der Waals surface area contributed by atoms with Crippen LogP contribution in [-0.4, -0.2) is 51.4 Å². The molecule has 1 aliphatic carbocycles. The van der Waals surface area contributed by atoms with E-state index in [9.17, 15) is 9.59 Å². The second-order valence-corrected chi connectivity index (χ2v) is 7.54. The van der Waals surface area contributed by atoms with Crippen LogP contribution in [0.25, 0.3) is 0 Å². The Morgan fingerprint density at radius 2 is 1.93 bits per heavy atom. The molecule has 8 nitrogen and oxygen atoms in total. The Bertz CT molecular complexity index is 821. The van der Waals surface area contributed by atoms with Gasteiger partial charge in [0.05, 0.1) is 11.4 Å². The summed E-state index contributed by atoms with van der Waals surface area (Å²) in [7, 11) is 0. The average molecular weight is 382 g/mol. The zero-order valence-corrected chi connectivity index (χ0v) is 15.9. The van der Waals surface area contributed by atoms with Crippen LogP contribution in [0.2, 0.25) is 0 Å². The molecular formula is C20H26N6O2. The summed E-state index contributed by atoms with van der Waals surface area (Å²) < 4.78 is 0. The lowest BCUT2D eigenvalue weighted by molar-refractivity contribution is -0.139.